The molecule has 1 fully saturated rings. The van der Waals surface area contributed by atoms with Crippen LogP contribution in [0.2, 0.25) is 0 Å². The van der Waals surface area contributed by atoms with E-state index in [2.05, 4.69) is 21.0 Å². The minimum atomic E-state index is -4.08. The monoisotopic (exact) mass is 544 g/mol. The first-order chi connectivity index (χ1) is 15.7. The summed E-state index contributed by atoms with van der Waals surface area (Å²) in [5.74, 6) is -0.360. The van der Waals surface area contributed by atoms with Crippen LogP contribution in [-0.2, 0) is 23.4 Å². The van der Waals surface area contributed by atoms with Gasteiger partial charge in [-0.1, -0.05) is 34.1 Å². The fraction of sp³-hybridized carbons (Fsp3) is 0.429. The molecule has 1 aromatic heterocycles. The van der Waals surface area contributed by atoms with Gasteiger partial charge in [-0.2, -0.15) is 5.09 Å². The van der Waals surface area contributed by atoms with Crippen LogP contribution in [0.4, 0.5) is 0 Å². The van der Waals surface area contributed by atoms with Crippen molar-refractivity contribution in [2.24, 2.45) is 0 Å². The van der Waals surface area contributed by atoms with Crippen LogP contribution in [0.3, 0.4) is 0 Å². The summed E-state index contributed by atoms with van der Waals surface area (Å²) in [6.45, 7) is 2.98. The molecule has 33 heavy (non-hydrogen) atoms. The molecule has 1 saturated heterocycles. The molecule has 5 atom stereocenters. The number of esters is 1. The third-order valence-corrected chi connectivity index (χ3v) is 6.93. The number of benzene rings is 1. The van der Waals surface area contributed by atoms with Gasteiger partial charge in [0, 0.05) is 23.2 Å². The highest BCUT2D eigenvalue weighted by atomic mass is 79.9. The largest absolute Gasteiger partial charge is 0.465 e. The third-order valence-electron chi connectivity index (χ3n) is 4.79. The summed E-state index contributed by atoms with van der Waals surface area (Å²) in [6, 6.07) is 10.4. The molecule has 3 rings (SSSR count). The number of rotatable bonds is 10. The molecule has 0 radical (unpaired) electrons. The summed E-state index contributed by atoms with van der Waals surface area (Å²) >= 11 is 3.23. The smallest absolute Gasteiger partial charge is 0.459 e. The second-order valence-electron chi connectivity index (χ2n) is 7.32. The molecule has 0 saturated carbocycles. The number of carbonyl (C=O) groups excluding carboxylic acids is 1. The Bertz CT molecular complexity index is 1050. The Morgan fingerprint density at radius 3 is 2.76 bits per heavy atom. The molecule has 2 heterocycles. The number of halogens is 1. The maximum atomic E-state index is 13.4. The van der Waals surface area contributed by atoms with E-state index in [1.807, 2.05) is 0 Å². The number of aliphatic hydroxyl groups excluding tert-OH is 1. The lowest BCUT2D eigenvalue weighted by Gasteiger charge is -2.24. The van der Waals surface area contributed by atoms with Gasteiger partial charge >= 0.3 is 13.7 Å². The standard InChI is InChI=1S/C21H26BrN2O8P/c1-3-29-21(27)14(2)23-33(28,32-16-7-5-4-6-8-16)30-13-18-17(25)12-20(31-18)24-10-9-15(22)11-19(24)26/h4-11,14,17-18,20,25H,3,12-13H2,1-2H3,(H,23,28)/t14-,17-,18+,20+,33?/m0/s1. The quantitative estimate of drug-likeness (QED) is 0.343. The molecule has 12 heteroatoms. The van der Waals surface area contributed by atoms with E-state index in [4.69, 9.17) is 18.5 Å². The van der Waals surface area contributed by atoms with Gasteiger partial charge in [0.1, 0.15) is 24.1 Å². The Morgan fingerprint density at radius 1 is 1.36 bits per heavy atom. The van der Waals surface area contributed by atoms with E-state index in [0.29, 0.717) is 4.47 Å². The van der Waals surface area contributed by atoms with Gasteiger partial charge in [-0.25, -0.2) is 4.57 Å². The summed E-state index contributed by atoms with van der Waals surface area (Å²) in [7, 11) is -4.08. The van der Waals surface area contributed by atoms with Crippen LogP contribution in [0.15, 0.2) is 57.9 Å². The van der Waals surface area contributed by atoms with Gasteiger partial charge in [0.25, 0.3) is 5.56 Å². The summed E-state index contributed by atoms with van der Waals surface area (Å²) in [4.78, 5) is 24.2. The van der Waals surface area contributed by atoms with Gasteiger partial charge < -0.3 is 19.1 Å². The summed E-state index contributed by atoms with van der Waals surface area (Å²) in [5.41, 5.74) is -0.300. The van der Waals surface area contributed by atoms with Gasteiger partial charge in [0.15, 0.2) is 0 Å². The van der Waals surface area contributed by atoms with Crippen molar-refractivity contribution in [3.8, 4) is 5.75 Å². The van der Waals surface area contributed by atoms with Gasteiger partial charge in [-0.3, -0.25) is 18.7 Å². The summed E-state index contributed by atoms with van der Waals surface area (Å²) < 4.78 is 37.3. The number of nitrogens with one attached hydrogen (secondary N) is 1. The number of hydrogen-bond acceptors (Lipinski definition) is 8. The fourth-order valence-corrected chi connectivity index (χ4v) is 4.99. The predicted molar refractivity (Wildman–Crippen MR) is 123 cm³/mol. The predicted octanol–water partition coefficient (Wildman–Crippen LogP) is 3.00. The van der Waals surface area contributed by atoms with Crippen molar-refractivity contribution < 1.29 is 33.0 Å². The minimum Gasteiger partial charge on any atom is -0.465 e. The van der Waals surface area contributed by atoms with E-state index in [1.165, 1.54) is 17.6 Å². The molecule has 1 aliphatic heterocycles. The molecule has 2 N–H and O–H groups in total. The average Bonchev–Trinajstić information content (AvgIpc) is 3.13. The SMILES string of the molecule is CCOC(=O)[C@H](C)NP(=O)(OC[C@H]1O[C@@H](n2ccc(Br)cc2=O)C[C@@H]1O)Oc1ccccc1. The molecule has 0 bridgehead atoms. The number of aromatic nitrogens is 1. The number of para-hydroxylation sites is 1. The Labute approximate surface area is 199 Å². The lowest BCUT2D eigenvalue weighted by Crippen LogP contribution is -2.36. The van der Waals surface area contributed by atoms with Gasteiger partial charge in [0.05, 0.1) is 19.3 Å². The molecule has 180 valence electrons. The van der Waals surface area contributed by atoms with Gasteiger partial charge in [-0.05, 0) is 32.0 Å². The first-order valence-electron chi connectivity index (χ1n) is 10.4. The van der Waals surface area contributed by atoms with E-state index in [0.717, 1.165) is 0 Å². The molecule has 10 nitrogen and oxygen atoms in total. The number of hydrogen-bond donors (Lipinski definition) is 2. The van der Waals surface area contributed by atoms with E-state index >= 15 is 0 Å². The second-order valence-corrected chi connectivity index (χ2v) is 9.93. The first-order valence-corrected chi connectivity index (χ1v) is 12.7. The van der Waals surface area contributed by atoms with Crippen LogP contribution in [0, 0.1) is 0 Å². The zero-order valence-electron chi connectivity index (χ0n) is 18.1. The van der Waals surface area contributed by atoms with Crippen molar-refractivity contribution in [1.29, 1.82) is 0 Å². The third kappa shape index (κ3) is 6.99. The molecular weight excluding hydrogens is 519 g/mol. The van der Waals surface area contributed by atoms with Crippen molar-refractivity contribution >= 4 is 29.6 Å². The van der Waals surface area contributed by atoms with Crippen molar-refractivity contribution in [1.82, 2.24) is 9.65 Å². The summed E-state index contributed by atoms with van der Waals surface area (Å²) in [5, 5.41) is 13.0. The van der Waals surface area contributed by atoms with E-state index in [-0.39, 0.29) is 30.9 Å². The van der Waals surface area contributed by atoms with E-state index < -0.39 is 38.2 Å². The summed E-state index contributed by atoms with van der Waals surface area (Å²) in [6.07, 6.45) is -0.864. The number of ether oxygens (including phenoxy) is 2. The van der Waals surface area contributed by atoms with Crippen LogP contribution >= 0.6 is 23.7 Å². The van der Waals surface area contributed by atoms with Crippen LogP contribution in [0.1, 0.15) is 26.5 Å². The first kappa shape index (κ1) is 25.6. The fourth-order valence-electron chi connectivity index (χ4n) is 3.18. The highest BCUT2D eigenvalue weighted by molar-refractivity contribution is 9.10. The van der Waals surface area contributed by atoms with Crippen molar-refractivity contribution in [2.75, 3.05) is 13.2 Å². The number of carbonyl (C=O) groups is 1. The van der Waals surface area contributed by atoms with Crippen LogP contribution in [-0.4, -0.2) is 47.1 Å². The average molecular weight is 545 g/mol. The Kier molecular flexibility index (Phi) is 8.86. The maximum absolute atomic E-state index is 13.4. The molecule has 1 aliphatic rings. The number of pyridine rings is 1. The van der Waals surface area contributed by atoms with Crippen molar-refractivity contribution in [2.45, 2.75) is 44.7 Å². The Morgan fingerprint density at radius 2 is 2.09 bits per heavy atom. The van der Waals surface area contributed by atoms with Crippen molar-refractivity contribution in [3.05, 3.63) is 63.5 Å². The zero-order valence-corrected chi connectivity index (χ0v) is 20.6. The Balaban J connectivity index is 1.71. The van der Waals surface area contributed by atoms with Crippen LogP contribution < -0.4 is 15.2 Å². The number of nitrogens with zero attached hydrogens (tertiary/aromatic N) is 1. The molecule has 1 aromatic carbocycles. The molecule has 2 aromatic rings. The molecule has 0 spiro atoms. The van der Waals surface area contributed by atoms with E-state index in [1.54, 1.807) is 49.5 Å². The molecule has 1 unspecified atom stereocenters. The second kappa shape index (κ2) is 11.4. The Hall–Kier alpha value is -2.01. The molecular formula is C21H26BrN2O8P. The zero-order chi connectivity index (χ0) is 24.0. The van der Waals surface area contributed by atoms with Gasteiger partial charge in [-0.15, -0.1) is 0 Å². The van der Waals surface area contributed by atoms with Crippen LogP contribution in [0.5, 0.6) is 5.75 Å². The van der Waals surface area contributed by atoms with Crippen molar-refractivity contribution in [3.63, 3.8) is 0 Å². The maximum Gasteiger partial charge on any atom is 0.459 e. The lowest BCUT2D eigenvalue weighted by atomic mass is 10.2. The highest BCUT2D eigenvalue weighted by Crippen LogP contribution is 2.45. The lowest BCUT2D eigenvalue weighted by molar-refractivity contribution is -0.144. The molecule has 0 amide bonds. The van der Waals surface area contributed by atoms with Crippen LogP contribution in [0.25, 0.3) is 0 Å². The normalized spacial score (nSPS) is 23.0. The topological polar surface area (TPSA) is 125 Å². The van der Waals surface area contributed by atoms with E-state index in [9.17, 15) is 19.3 Å². The van der Waals surface area contributed by atoms with Gasteiger partial charge in [0.2, 0.25) is 0 Å². The highest BCUT2D eigenvalue weighted by Gasteiger charge is 2.39. The molecule has 0 aliphatic carbocycles. The minimum absolute atomic E-state index is 0.145. The number of aliphatic hydroxyl groups is 1.